The molecular weight excluding hydrogens is 208 g/mol. The summed E-state index contributed by atoms with van der Waals surface area (Å²) >= 11 is 1.49. The molecule has 5 heteroatoms. The Bertz CT molecular complexity index is 487. The zero-order chi connectivity index (χ0) is 10.3. The van der Waals surface area contributed by atoms with Gasteiger partial charge in [0.1, 0.15) is 0 Å². The number of nitrogens with one attached hydrogen (secondary N) is 1. The first kappa shape index (κ1) is 9.06. The first-order valence-corrected chi connectivity index (χ1v) is 5.88. The zero-order valence-corrected chi connectivity index (χ0v) is 9.05. The normalized spacial score (nSPS) is 21.2. The molecule has 1 aliphatic heterocycles. The molecule has 1 unspecified atom stereocenters. The van der Waals surface area contributed by atoms with Crippen molar-refractivity contribution in [2.45, 2.75) is 12.3 Å². The van der Waals surface area contributed by atoms with Crippen LogP contribution in [0, 0.1) is 0 Å². The van der Waals surface area contributed by atoms with Gasteiger partial charge >= 0.3 is 0 Å². The van der Waals surface area contributed by atoms with E-state index in [4.69, 9.17) is 5.73 Å². The fraction of sp³-hybridized carbons (Fsp3) is 0.400. The summed E-state index contributed by atoms with van der Waals surface area (Å²) in [6.07, 6.45) is 1.16. The van der Waals surface area contributed by atoms with Crippen LogP contribution in [0.15, 0.2) is 12.1 Å². The summed E-state index contributed by atoms with van der Waals surface area (Å²) in [6, 6.07) is 4.17. The van der Waals surface area contributed by atoms with Crippen molar-refractivity contribution in [2.24, 2.45) is 0 Å². The summed E-state index contributed by atoms with van der Waals surface area (Å²) in [5, 5.41) is 3.94. The summed E-state index contributed by atoms with van der Waals surface area (Å²) < 4.78 is 1.07. The highest BCUT2D eigenvalue weighted by molar-refractivity contribution is 7.21. The summed E-state index contributed by atoms with van der Waals surface area (Å²) in [7, 11) is 0. The van der Waals surface area contributed by atoms with Gasteiger partial charge < -0.3 is 11.1 Å². The minimum Gasteiger partial charge on any atom is -0.375 e. The van der Waals surface area contributed by atoms with E-state index in [0.29, 0.717) is 11.0 Å². The van der Waals surface area contributed by atoms with E-state index in [1.54, 1.807) is 0 Å². The van der Waals surface area contributed by atoms with E-state index in [-0.39, 0.29) is 0 Å². The topological polar surface area (TPSA) is 63.8 Å². The van der Waals surface area contributed by atoms with Gasteiger partial charge in [-0.25, -0.2) is 9.97 Å². The Balaban J connectivity index is 2.04. The van der Waals surface area contributed by atoms with Crippen molar-refractivity contribution < 1.29 is 0 Å². The number of nitrogens with zero attached hydrogens (tertiary/aromatic N) is 2. The molecule has 0 bridgehead atoms. The first-order valence-electron chi connectivity index (χ1n) is 5.06. The molecule has 1 saturated heterocycles. The smallest absolute Gasteiger partial charge is 0.182 e. The van der Waals surface area contributed by atoms with Crippen LogP contribution in [-0.4, -0.2) is 23.1 Å². The Hall–Kier alpha value is -1.20. The molecule has 0 aromatic carbocycles. The fourth-order valence-electron chi connectivity index (χ4n) is 1.98. The monoisotopic (exact) mass is 220 g/mol. The maximum atomic E-state index is 5.65. The number of nitrogen functional groups attached to an aromatic ring is 1. The van der Waals surface area contributed by atoms with Gasteiger partial charge in [-0.1, -0.05) is 11.3 Å². The van der Waals surface area contributed by atoms with Crippen LogP contribution in [-0.2, 0) is 0 Å². The van der Waals surface area contributed by atoms with Gasteiger partial charge in [0.25, 0.3) is 0 Å². The number of hydrogen-bond donors (Lipinski definition) is 2. The van der Waals surface area contributed by atoms with Crippen molar-refractivity contribution >= 4 is 26.8 Å². The Morgan fingerprint density at radius 1 is 1.40 bits per heavy atom. The largest absolute Gasteiger partial charge is 0.375 e. The molecule has 3 N–H and O–H groups in total. The zero-order valence-electron chi connectivity index (χ0n) is 8.23. The van der Waals surface area contributed by atoms with Crippen LogP contribution < -0.4 is 11.1 Å². The molecule has 4 nitrogen and oxygen atoms in total. The molecule has 3 rings (SSSR count). The third kappa shape index (κ3) is 1.57. The molecule has 2 aromatic heterocycles. The highest BCUT2D eigenvalue weighted by Crippen LogP contribution is 2.26. The third-order valence-corrected chi connectivity index (χ3v) is 3.61. The van der Waals surface area contributed by atoms with E-state index in [1.165, 1.54) is 11.3 Å². The highest BCUT2D eigenvalue weighted by Gasteiger charge is 2.18. The van der Waals surface area contributed by atoms with Gasteiger partial charge in [-0.3, -0.25) is 0 Å². The van der Waals surface area contributed by atoms with E-state index in [1.807, 2.05) is 0 Å². The van der Waals surface area contributed by atoms with E-state index in [2.05, 4.69) is 27.4 Å². The Labute approximate surface area is 91.5 Å². The van der Waals surface area contributed by atoms with Crippen molar-refractivity contribution in [1.82, 2.24) is 15.3 Å². The molecule has 0 radical (unpaired) electrons. The molecule has 0 spiro atoms. The number of pyridine rings is 1. The summed E-state index contributed by atoms with van der Waals surface area (Å²) in [6.45, 7) is 2.11. The van der Waals surface area contributed by atoms with Crippen LogP contribution in [0.3, 0.4) is 0 Å². The first-order chi connectivity index (χ1) is 7.33. The van der Waals surface area contributed by atoms with Crippen molar-refractivity contribution in [1.29, 1.82) is 0 Å². The maximum Gasteiger partial charge on any atom is 0.182 e. The van der Waals surface area contributed by atoms with Crippen molar-refractivity contribution in [3.8, 4) is 0 Å². The summed E-state index contributed by atoms with van der Waals surface area (Å²) in [4.78, 5) is 8.77. The van der Waals surface area contributed by atoms with Crippen LogP contribution in [0.2, 0.25) is 0 Å². The lowest BCUT2D eigenvalue weighted by atomic mass is 10.0. The van der Waals surface area contributed by atoms with Crippen LogP contribution >= 0.6 is 11.3 Å². The molecule has 0 saturated carbocycles. The number of hydrogen-bond acceptors (Lipinski definition) is 5. The van der Waals surface area contributed by atoms with Crippen molar-refractivity contribution in [2.75, 3.05) is 18.8 Å². The third-order valence-electron chi connectivity index (χ3n) is 2.77. The van der Waals surface area contributed by atoms with Crippen molar-refractivity contribution in [3.05, 3.63) is 17.8 Å². The van der Waals surface area contributed by atoms with Crippen LogP contribution in [0.1, 0.15) is 18.0 Å². The average Bonchev–Trinajstić information content (AvgIpc) is 2.82. The SMILES string of the molecule is Nc1nc2nc(C3CCNC3)ccc2s1. The maximum absolute atomic E-state index is 5.65. The lowest BCUT2D eigenvalue weighted by Crippen LogP contribution is -2.08. The lowest BCUT2D eigenvalue weighted by molar-refractivity contribution is 0.738. The highest BCUT2D eigenvalue weighted by atomic mass is 32.1. The Morgan fingerprint density at radius 3 is 3.13 bits per heavy atom. The number of fused-ring (bicyclic) bond motifs is 1. The van der Waals surface area contributed by atoms with E-state index >= 15 is 0 Å². The molecule has 0 aliphatic carbocycles. The molecule has 1 aliphatic rings. The van der Waals surface area contributed by atoms with Crippen LogP contribution in [0.4, 0.5) is 5.13 Å². The predicted molar refractivity (Wildman–Crippen MR) is 62.1 cm³/mol. The van der Waals surface area contributed by atoms with E-state index in [0.717, 1.165) is 35.6 Å². The standard InChI is InChI=1S/C10H12N4S/c11-10-14-9-8(15-10)2-1-7(13-9)6-3-4-12-5-6/h1-2,6,12H,3-5H2,(H2,11,13,14). The molecule has 1 fully saturated rings. The predicted octanol–water partition coefficient (Wildman–Crippen LogP) is 1.35. The van der Waals surface area contributed by atoms with E-state index < -0.39 is 0 Å². The lowest BCUT2D eigenvalue weighted by Gasteiger charge is -2.06. The molecule has 3 heterocycles. The number of rotatable bonds is 1. The summed E-state index contributed by atoms with van der Waals surface area (Å²) in [5.41, 5.74) is 7.58. The summed E-state index contributed by atoms with van der Waals surface area (Å²) in [5.74, 6) is 0.539. The minimum absolute atomic E-state index is 0.539. The van der Waals surface area contributed by atoms with Gasteiger partial charge in [0, 0.05) is 18.2 Å². The molecule has 78 valence electrons. The molecular formula is C10H12N4S. The van der Waals surface area contributed by atoms with Gasteiger partial charge in [-0.05, 0) is 25.1 Å². The fourth-order valence-corrected chi connectivity index (χ4v) is 2.66. The quantitative estimate of drug-likeness (QED) is 0.761. The molecule has 2 aromatic rings. The number of nitrogens with two attached hydrogens (primary N) is 1. The van der Waals surface area contributed by atoms with Crippen molar-refractivity contribution in [3.63, 3.8) is 0 Å². The van der Waals surface area contributed by atoms with Crippen LogP contribution in [0.5, 0.6) is 0 Å². The second-order valence-electron chi connectivity index (χ2n) is 3.80. The van der Waals surface area contributed by atoms with Gasteiger partial charge in [-0.2, -0.15) is 0 Å². The second kappa shape index (κ2) is 3.43. The Morgan fingerprint density at radius 2 is 2.33 bits per heavy atom. The Kier molecular flexibility index (Phi) is 2.07. The average molecular weight is 220 g/mol. The van der Waals surface area contributed by atoms with Gasteiger partial charge in [0.15, 0.2) is 10.8 Å². The molecule has 0 amide bonds. The second-order valence-corrected chi connectivity index (χ2v) is 4.86. The van der Waals surface area contributed by atoms with Crippen LogP contribution in [0.25, 0.3) is 10.3 Å². The number of aromatic nitrogens is 2. The number of thiazole rings is 1. The van der Waals surface area contributed by atoms with Gasteiger partial charge in [0.05, 0.1) is 4.70 Å². The number of anilines is 1. The molecule has 1 atom stereocenters. The minimum atomic E-state index is 0.539. The van der Waals surface area contributed by atoms with Gasteiger partial charge in [-0.15, -0.1) is 0 Å². The van der Waals surface area contributed by atoms with E-state index in [9.17, 15) is 0 Å². The molecule has 15 heavy (non-hydrogen) atoms. The van der Waals surface area contributed by atoms with Gasteiger partial charge in [0.2, 0.25) is 0 Å².